The summed E-state index contributed by atoms with van der Waals surface area (Å²) in [5.74, 6) is -1.32. The third-order valence-electron chi connectivity index (χ3n) is 4.99. The number of ether oxygens (including phenoxy) is 1. The average Bonchev–Trinajstić information content (AvgIpc) is 2.73. The summed E-state index contributed by atoms with van der Waals surface area (Å²) in [6.07, 6.45) is 2.98. The number of amides is 2. The summed E-state index contributed by atoms with van der Waals surface area (Å²) in [5, 5.41) is 18.5. The van der Waals surface area contributed by atoms with Crippen molar-refractivity contribution >= 4 is 21.8 Å². The second-order valence-electron chi connectivity index (χ2n) is 6.93. The summed E-state index contributed by atoms with van der Waals surface area (Å²) in [5.41, 5.74) is 3.36. The first kappa shape index (κ1) is 21.5. The number of hydrogen-bond acceptors (Lipinski definition) is 7. The number of carbonyl (C=O) groups is 2. The van der Waals surface area contributed by atoms with Crippen LogP contribution in [0.2, 0.25) is 0 Å². The lowest BCUT2D eigenvalue weighted by Crippen LogP contribution is -2.65. The summed E-state index contributed by atoms with van der Waals surface area (Å²) in [6.45, 7) is -0.532. The van der Waals surface area contributed by atoms with E-state index in [2.05, 4.69) is 4.98 Å². The molecule has 0 aliphatic carbocycles. The minimum absolute atomic E-state index is 0.0814. The summed E-state index contributed by atoms with van der Waals surface area (Å²) >= 11 is 0. The number of nitrogens with zero attached hydrogens (tertiary/aromatic N) is 2. The van der Waals surface area contributed by atoms with Crippen LogP contribution in [0.4, 0.5) is 4.79 Å². The SMILES string of the molecule is NC(=O)N1CCC(S(=O)(=O)c2ccc(OCc3ccncc3)cc2)C(O)(C(=O)O)C1. The fourth-order valence-electron chi connectivity index (χ4n) is 3.32. The molecule has 4 N–H and O–H groups in total. The molecule has 0 bridgehead atoms. The maximum absolute atomic E-state index is 13.1. The Labute approximate surface area is 172 Å². The monoisotopic (exact) mass is 435 g/mol. The predicted molar refractivity (Wildman–Crippen MR) is 104 cm³/mol. The zero-order chi connectivity index (χ0) is 21.9. The number of β-amino-alcohol motifs (C(OH)–C–C–N with tert-alkyl or cyclic N) is 1. The van der Waals surface area contributed by atoms with Gasteiger partial charge < -0.3 is 25.6 Å². The number of hydrogen-bond donors (Lipinski definition) is 3. The van der Waals surface area contributed by atoms with Gasteiger partial charge in [0.15, 0.2) is 15.4 Å². The maximum atomic E-state index is 13.1. The van der Waals surface area contributed by atoms with Crippen LogP contribution in [0.15, 0.2) is 53.7 Å². The Morgan fingerprint density at radius 2 is 1.83 bits per heavy atom. The first-order valence-electron chi connectivity index (χ1n) is 9.00. The van der Waals surface area contributed by atoms with Gasteiger partial charge in [-0.2, -0.15) is 0 Å². The van der Waals surface area contributed by atoms with E-state index in [1.807, 2.05) is 0 Å². The highest BCUT2D eigenvalue weighted by Gasteiger charge is 2.55. The molecule has 3 rings (SSSR count). The normalized spacial score (nSPS) is 21.8. The Hall–Kier alpha value is -3.18. The minimum Gasteiger partial charge on any atom is -0.489 e. The number of rotatable bonds is 6. The number of carboxylic acid groups (broad SMARTS) is 1. The number of nitrogens with two attached hydrogens (primary N) is 1. The van der Waals surface area contributed by atoms with Crippen LogP contribution >= 0.6 is 0 Å². The molecule has 2 aromatic rings. The average molecular weight is 435 g/mol. The van der Waals surface area contributed by atoms with Gasteiger partial charge in [-0.15, -0.1) is 0 Å². The quantitative estimate of drug-likeness (QED) is 0.588. The molecule has 2 heterocycles. The molecule has 2 amide bonds. The minimum atomic E-state index is -4.22. The molecule has 1 aromatic carbocycles. The number of aliphatic carboxylic acids is 1. The molecule has 10 nitrogen and oxygen atoms in total. The first-order chi connectivity index (χ1) is 14.1. The molecule has 1 saturated heterocycles. The van der Waals surface area contributed by atoms with E-state index in [0.717, 1.165) is 10.5 Å². The van der Waals surface area contributed by atoms with Crippen LogP contribution in [0.5, 0.6) is 5.75 Å². The molecular weight excluding hydrogens is 414 g/mol. The van der Waals surface area contributed by atoms with E-state index in [1.54, 1.807) is 24.5 Å². The third-order valence-corrected chi connectivity index (χ3v) is 7.29. The fourth-order valence-corrected chi connectivity index (χ4v) is 5.27. The molecule has 1 aliphatic rings. The van der Waals surface area contributed by atoms with Gasteiger partial charge in [0.1, 0.15) is 17.6 Å². The highest BCUT2D eigenvalue weighted by Crippen LogP contribution is 2.32. The van der Waals surface area contributed by atoms with Crippen LogP contribution in [-0.4, -0.2) is 64.5 Å². The van der Waals surface area contributed by atoms with Crippen molar-refractivity contribution in [2.75, 3.05) is 13.1 Å². The molecule has 1 aliphatic heterocycles. The predicted octanol–water partition coefficient (Wildman–Crippen LogP) is 0.403. The Morgan fingerprint density at radius 1 is 1.20 bits per heavy atom. The number of aromatic nitrogens is 1. The zero-order valence-corrected chi connectivity index (χ0v) is 16.7. The van der Waals surface area contributed by atoms with Crippen molar-refractivity contribution in [2.45, 2.75) is 28.8 Å². The van der Waals surface area contributed by atoms with E-state index >= 15 is 0 Å². The Morgan fingerprint density at radius 3 is 2.40 bits per heavy atom. The van der Waals surface area contributed by atoms with Gasteiger partial charge >= 0.3 is 12.0 Å². The molecule has 1 aromatic heterocycles. The molecule has 30 heavy (non-hydrogen) atoms. The number of piperidine rings is 1. The number of likely N-dealkylation sites (tertiary alicyclic amines) is 1. The summed E-state index contributed by atoms with van der Waals surface area (Å²) in [7, 11) is -4.22. The number of pyridine rings is 1. The van der Waals surface area contributed by atoms with Gasteiger partial charge in [-0.05, 0) is 48.4 Å². The molecule has 0 radical (unpaired) electrons. The topological polar surface area (TPSA) is 160 Å². The van der Waals surface area contributed by atoms with Crippen molar-refractivity contribution in [3.63, 3.8) is 0 Å². The lowest BCUT2D eigenvalue weighted by atomic mass is 9.92. The summed E-state index contributed by atoms with van der Waals surface area (Å²) in [6, 6.07) is 8.12. The number of urea groups is 1. The van der Waals surface area contributed by atoms with Gasteiger partial charge in [-0.3, -0.25) is 4.98 Å². The van der Waals surface area contributed by atoms with Crippen molar-refractivity contribution in [1.29, 1.82) is 0 Å². The van der Waals surface area contributed by atoms with E-state index in [9.17, 15) is 28.2 Å². The van der Waals surface area contributed by atoms with Gasteiger partial charge in [0, 0.05) is 18.9 Å². The molecule has 2 atom stereocenters. The van der Waals surface area contributed by atoms with Crippen molar-refractivity contribution in [2.24, 2.45) is 5.73 Å². The zero-order valence-electron chi connectivity index (χ0n) is 15.8. The number of primary amides is 1. The van der Waals surface area contributed by atoms with E-state index in [4.69, 9.17) is 10.5 Å². The molecular formula is C19H21N3O7S. The molecule has 2 unspecified atom stereocenters. The third kappa shape index (κ3) is 4.21. The highest BCUT2D eigenvalue weighted by atomic mass is 32.2. The number of aliphatic hydroxyl groups is 1. The van der Waals surface area contributed by atoms with Crippen LogP contribution in [-0.2, 0) is 21.2 Å². The summed E-state index contributed by atoms with van der Waals surface area (Å²) in [4.78, 5) is 27.7. The number of sulfone groups is 1. The Kier molecular flexibility index (Phi) is 5.94. The molecule has 160 valence electrons. The lowest BCUT2D eigenvalue weighted by Gasteiger charge is -2.40. The van der Waals surface area contributed by atoms with Gasteiger partial charge in [0.25, 0.3) is 0 Å². The Bertz CT molecular complexity index is 1030. The van der Waals surface area contributed by atoms with Crippen molar-refractivity contribution < 1.29 is 33.0 Å². The largest absolute Gasteiger partial charge is 0.489 e. The highest BCUT2D eigenvalue weighted by molar-refractivity contribution is 7.92. The van der Waals surface area contributed by atoms with Crippen molar-refractivity contribution in [3.05, 3.63) is 54.4 Å². The lowest BCUT2D eigenvalue weighted by molar-refractivity contribution is -0.162. The van der Waals surface area contributed by atoms with Crippen LogP contribution in [0, 0.1) is 0 Å². The van der Waals surface area contributed by atoms with Gasteiger partial charge in [0.2, 0.25) is 0 Å². The molecule has 0 spiro atoms. The fraction of sp³-hybridized carbons (Fsp3) is 0.316. The van der Waals surface area contributed by atoms with Crippen LogP contribution in [0.1, 0.15) is 12.0 Å². The van der Waals surface area contributed by atoms with Crippen LogP contribution < -0.4 is 10.5 Å². The number of benzene rings is 1. The van der Waals surface area contributed by atoms with Gasteiger partial charge in [-0.25, -0.2) is 18.0 Å². The second-order valence-corrected chi connectivity index (χ2v) is 9.06. The number of carboxylic acids is 1. The van der Waals surface area contributed by atoms with E-state index in [-0.39, 0.29) is 24.5 Å². The first-order valence-corrected chi connectivity index (χ1v) is 10.5. The molecule has 1 fully saturated rings. The van der Waals surface area contributed by atoms with E-state index in [1.165, 1.54) is 24.3 Å². The van der Waals surface area contributed by atoms with Crippen LogP contribution in [0.25, 0.3) is 0 Å². The maximum Gasteiger partial charge on any atom is 0.338 e. The van der Waals surface area contributed by atoms with Gasteiger partial charge in [0.05, 0.1) is 11.4 Å². The van der Waals surface area contributed by atoms with Gasteiger partial charge in [-0.1, -0.05) is 0 Å². The summed E-state index contributed by atoms with van der Waals surface area (Å²) < 4.78 is 31.7. The smallest absolute Gasteiger partial charge is 0.338 e. The second kappa shape index (κ2) is 8.28. The molecule has 0 saturated carbocycles. The van der Waals surface area contributed by atoms with E-state index < -0.39 is 39.2 Å². The van der Waals surface area contributed by atoms with E-state index in [0.29, 0.717) is 5.75 Å². The standard InChI is InChI=1S/C19H21N3O7S/c20-18(25)22-10-7-16(19(26,12-22)17(23)24)30(27,28)15-3-1-14(2-4-15)29-11-13-5-8-21-9-6-13/h1-6,8-9,16,26H,7,10-12H2,(H2,20,25)(H,23,24). The van der Waals surface area contributed by atoms with Crippen molar-refractivity contribution in [1.82, 2.24) is 9.88 Å². The van der Waals surface area contributed by atoms with Crippen LogP contribution in [0.3, 0.4) is 0 Å². The molecule has 11 heteroatoms. The Balaban J connectivity index is 1.80. The number of carbonyl (C=O) groups excluding carboxylic acids is 1. The van der Waals surface area contributed by atoms with Crippen molar-refractivity contribution in [3.8, 4) is 5.75 Å².